The average Bonchev–Trinajstić information content (AvgIpc) is 2.26. The second-order valence-electron chi connectivity index (χ2n) is 6.60. The minimum atomic E-state index is -4.12. The van der Waals surface area contributed by atoms with E-state index in [1.807, 2.05) is 20.8 Å². The monoisotopic (exact) mass is 337 g/mol. The van der Waals surface area contributed by atoms with Crippen LogP contribution in [-0.4, -0.2) is 33.6 Å². The van der Waals surface area contributed by atoms with Gasteiger partial charge >= 0.3 is 24.1 Å². The van der Waals surface area contributed by atoms with Gasteiger partial charge < -0.3 is 5.11 Å². The van der Waals surface area contributed by atoms with Crippen LogP contribution in [0.25, 0.3) is 0 Å². The molecule has 0 bridgehead atoms. The summed E-state index contributed by atoms with van der Waals surface area (Å²) in [5.41, 5.74) is -4.89. The molecule has 0 aromatic carbocycles. The maximum atomic E-state index is 12.3. The maximum absolute atomic E-state index is 12.3. The van der Waals surface area contributed by atoms with Gasteiger partial charge in [0.2, 0.25) is 0 Å². The Hall–Kier alpha value is -0.900. The Bertz CT molecular complexity index is 454. The van der Waals surface area contributed by atoms with Crippen molar-refractivity contribution < 1.29 is 24.3 Å². The number of amides is 1. The van der Waals surface area contributed by atoms with Crippen molar-refractivity contribution in [2.75, 3.05) is 0 Å². The molecule has 0 heterocycles. The molecule has 0 aromatic rings. The zero-order valence-electron chi connectivity index (χ0n) is 13.1. The van der Waals surface area contributed by atoms with E-state index < -0.39 is 29.6 Å². The SMILES string of the molecule is CC(C)(C)NPNC(=O)[P+](C=O)(C(=O)O)C(=O)C(C)(C)C. The van der Waals surface area contributed by atoms with E-state index >= 15 is 0 Å². The first-order chi connectivity index (χ1) is 9.29. The fourth-order valence-corrected chi connectivity index (χ4v) is 4.59. The van der Waals surface area contributed by atoms with Crippen molar-refractivity contribution in [3.05, 3.63) is 0 Å². The summed E-state index contributed by atoms with van der Waals surface area (Å²) in [5, 5.41) is 14.6. The number of rotatable bonds is 6. The van der Waals surface area contributed by atoms with Crippen molar-refractivity contribution in [3.8, 4) is 0 Å². The molecule has 0 saturated heterocycles. The summed E-state index contributed by atoms with van der Waals surface area (Å²) in [5.74, 6) is 0. The first-order valence-corrected chi connectivity index (χ1v) is 9.11. The van der Waals surface area contributed by atoms with Gasteiger partial charge in [0.1, 0.15) is 0 Å². The van der Waals surface area contributed by atoms with Gasteiger partial charge in [-0.1, -0.05) is 0 Å². The lowest BCUT2D eigenvalue weighted by atomic mass is 9.99. The van der Waals surface area contributed by atoms with Crippen molar-refractivity contribution in [2.45, 2.75) is 47.1 Å². The molecule has 0 fully saturated rings. The van der Waals surface area contributed by atoms with E-state index in [0.717, 1.165) is 0 Å². The largest absolute Gasteiger partial charge is 0.476 e. The van der Waals surface area contributed by atoms with Crippen molar-refractivity contribution in [1.82, 2.24) is 10.2 Å². The van der Waals surface area contributed by atoms with Gasteiger partial charge in [-0.05, 0) is 41.5 Å². The first kappa shape index (κ1) is 20.1. The number of nitrogens with one attached hydrogen (secondary N) is 2. The molecule has 9 heteroatoms. The summed E-state index contributed by atoms with van der Waals surface area (Å²) in [6.07, 6.45) is 0. The maximum Gasteiger partial charge on any atom is 0.476 e. The van der Waals surface area contributed by atoms with Crippen LogP contribution in [0.1, 0.15) is 41.5 Å². The minimum Gasteiger partial charge on any atom is -0.450 e. The van der Waals surface area contributed by atoms with Crippen LogP contribution in [0.2, 0.25) is 0 Å². The molecule has 3 N–H and O–H groups in total. The lowest BCUT2D eigenvalue weighted by Crippen LogP contribution is -2.37. The summed E-state index contributed by atoms with van der Waals surface area (Å²) >= 11 is 0. The van der Waals surface area contributed by atoms with Crippen molar-refractivity contribution in [1.29, 1.82) is 0 Å². The molecule has 120 valence electrons. The van der Waals surface area contributed by atoms with E-state index in [4.69, 9.17) is 0 Å². The standard InChI is InChI=1S/C12H22N2O5P2/c1-11(2,3)8(16)21(7-15,10(18)19)9(17)13-20-14-12(4,5)6/h7,14,20H,1-6H3,(H-,13,17,18,19)/p+1. The third-order valence-corrected chi connectivity index (χ3v) is 6.77. The number of hydrogen-bond acceptors (Lipinski definition) is 5. The molecule has 21 heavy (non-hydrogen) atoms. The zero-order chi connectivity index (χ0) is 17.1. The van der Waals surface area contributed by atoms with Gasteiger partial charge in [-0.15, -0.1) is 0 Å². The van der Waals surface area contributed by atoms with Gasteiger partial charge in [0.25, 0.3) is 6.03 Å². The second-order valence-corrected chi connectivity index (χ2v) is 10.2. The van der Waals surface area contributed by atoms with Crippen molar-refractivity contribution >= 4 is 39.1 Å². The van der Waals surface area contributed by atoms with E-state index in [2.05, 4.69) is 10.2 Å². The normalized spacial score (nSPS) is 15.5. The van der Waals surface area contributed by atoms with Crippen LogP contribution in [0.15, 0.2) is 0 Å². The van der Waals surface area contributed by atoms with Gasteiger partial charge in [-0.25, -0.2) is 9.59 Å². The zero-order valence-corrected chi connectivity index (χ0v) is 15.0. The molecule has 1 amide bonds. The highest BCUT2D eigenvalue weighted by Crippen LogP contribution is 2.62. The molecule has 2 unspecified atom stereocenters. The lowest BCUT2D eigenvalue weighted by molar-refractivity contribution is -0.117. The fraction of sp³-hybridized carbons (Fsp3) is 0.667. The number of hydrogen-bond donors (Lipinski definition) is 3. The van der Waals surface area contributed by atoms with Crippen LogP contribution in [0.4, 0.5) is 9.59 Å². The highest BCUT2D eigenvalue weighted by atomic mass is 31.2. The van der Waals surface area contributed by atoms with Crippen LogP contribution < -0.4 is 10.2 Å². The summed E-state index contributed by atoms with van der Waals surface area (Å²) in [6.45, 7) is 10.1. The molecule has 0 aromatic heterocycles. The molecule has 0 rings (SSSR count). The van der Waals surface area contributed by atoms with Crippen LogP contribution >= 0.6 is 16.1 Å². The van der Waals surface area contributed by atoms with E-state index in [1.165, 1.54) is 20.8 Å². The van der Waals surface area contributed by atoms with Gasteiger partial charge in [0, 0.05) is 5.54 Å². The number of carbonyl (C=O) groups is 4. The van der Waals surface area contributed by atoms with Crippen molar-refractivity contribution in [3.63, 3.8) is 0 Å². The second kappa shape index (κ2) is 6.91. The highest BCUT2D eigenvalue weighted by Gasteiger charge is 2.67. The van der Waals surface area contributed by atoms with Crippen LogP contribution in [-0.2, 0) is 9.59 Å². The Balaban J connectivity index is 5.35. The molecule has 0 saturated carbocycles. The number of carboxylic acid groups (broad SMARTS) is 1. The van der Waals surface area contributed by atoms with Gasteiger partial charge in [0.15, 0.2) is 0 Å². The quantitative estimate of drug-likeness (QED) is 0.507. The summed E-state index contributed by atoms with van der Waals surface area (Å²) in [7, 11) is -4.41. The Morgan fingerprint density at radius 3 is 1.86 bits per heavy atom. The summed E-state index contributed by atoms with van der Waals surface area (Å²) < 4.78 is 0. The lowest BCUT2D eigenvalue weighted by Gasteiger charge is -2.22. The predicted octanol–water partition coefficient (Wildman–Crippen LogP) is 3.05. The van der Waals surface area contributed by atoms with Crippen LogP contribution in [0, 0.1) is 5.41 Å². The Morgan fingerprint density at radius 2 is 1.57 bits per heavy atom. The Kier molecular flexibility index (Phi) is 6.61. The van der Waals surface area contributed by atoms with Gasteiger partial charge in [-0.3, -0.25) is 19.8 Å². The molecule has 0 aliphatic heterocycles. The molecular formula is C12H23N2O5P2+. The predicted molar refractivity (Wildman–Crippen MR) is 85.9 cm³/mol. The molecule has 7 nitrogen and oxygen atoms in total. The Morgan fingerprint density at radius 1 is 1.10 bits per heavy atom. The van der Waals surface area contributed by atoms with Crippen LogP contribution in [0.5, 0.6) is 0 Å². The van der Waals surface area contributed by atoms with Crippen molar-refractivity contribution in [2.24, 2.45) is 5.41 Å². The van der Waals surface area contributed by atoms with E-state index in [9.17, 15) is 24.3 Å². The topological polar surface area (TPSA) is 113 Å². The highest BCUT2D eigenvalue weighted by molar-refractivity contribution is 8.24. The Labute approximate surface area is 126 Å². The summed E-state index contributed by atoms with van der Waals surface area (Å²) in [4.78, 5) is 47.3. The third-order valence-electron chi connectivity index (χ3n) is 2.35. The summed E-state index contributed by atoms with van der Waals surface area (Å²) in [6, 6.07) is 0.0137. The first-order valence-electron chi connectivity index (χ1n) is 6.25. The molecule has 0 radical (unpaired) electrons. The third kappa shape index (κ3) is 5.10. The number of carbonyl (C=O) groups excluding carboxylic acids is 3. The van der Waals surface area contributed by atoms with Gasteiger partial charge in [-0.2, -0.15) is 0 Å². The average molecular weight is 337 g/mol. The molecular weight excluding hydrogens is 314 g/mol. The smallest absolute Gasteiger partial charge is 0.450 e. The fourth-order valence-electron chi connectivity index (χ4n) is 1.30. The molecule has 0 aliphatic rings. The van der Waals surface area contributed by atoms with E-state index in [1.54, 1.807) is 0 Å². The van der Waals surface area contributed by atoms with Gasteiger partial charge in [0.05, 0.1) is 14.3 Å². The molecule has 0 aliphatic carbocycles. The minimum absolute atomic E-state index is 0.0137. The van der Waals surface area contributed by atoms with E-state index in [0.29, 0.717) is 0 Å². The molecule has 2 atom stereocenters. The van der Waals surface area contributed by atoms with Crippen LogP contribution in [0.3, 0.4) is 0 Å². The molecule has 0 spiro atoms. The van der Waals surface area contributed by atoms with E-state index in [-0.39, 0.29) is 20.4 Å².